The third kappa shape index (κ3) is 7.81. The summed E-state index contributed by atoms with van der Waals surface area (Å²) >= 11 is 0. The Morgan fingerprint density at radius 3 is 2.11 bits per heavy atom. The molecule has 0 N–H and O–H groups in total. The van der Waals surface area contributed by atoms with E-state index in [2.05, 4.69) is 65.8 Å². The number of ether oxygens (including phenoxy) is 1. The van der Waals surface area contributed by atoms with Gasteiger partial charge in [-0.1, -0.05) is 60.7 Å². The Hall–Kier alpha value is -3.94. The zero-order chi connectivity index (χ0) is 25.0. The van der Waals surface area contributed by atoms with E-state index in [0.717, 1.165) is 12.8 Å². The smallest absolute Gasteiger partial charge is 0.305 e. The predicted octanol–water partition coefficient (Wildman–Crippen LogP) is 2.52. The van der Waals surface area contributed by atoms with Crippen LogP contribution in [0.5, 0.6) is 0 Å². The second-order valence-electron chi connectivity index (χ2n) is 8.10. The number of aromatic carboxylic acids is 1. The number of fused-ring (bicyclic) bond motifs is 1. The highest BCUT2D eigenvalue weighted by molar-refractivity contribution is 5.95. The second-order valence-corrected chi connectivity index (χ2v) is 8.10. The summed E-state index contributed by atoms with van der Waals surface area (Å²) in [6.07, 6.45) is 3.02. The van der Waals surface area contributed by atoms with Crippen LogP contribution in [0.25, 0.3) is 0 Å². The third-order valence-electron chi connectivity index (χ3n) is 5.58. The number of esters is 1. The van der Waals surface area contributed by atoms with E-state index in [4.69, 9.17) is 4.74 Å². The third-order valence-corrected chi connectivity index (χ3v) is 5.58. The number of carbonyl (C=O) groups is 3. The van der Waals surface area contributed by atoms with Crippen LogP contribution < -0.4 is 5.11 Å². The fourth-order valence-corrected chi connectivity index (χ4v) is 3.78. The molecular weight excluding hydrogens is 446 g/mol. The van der Waals surface area contributed by atoms with Crippen molar-refractivity contribution in [2.45, 2.75) is 39.2 Å². The fraction of sp³-hybridized carbons (Fsp3) is 0.333. The minimum absolute atomic E-state index is 0.233. The van der Waals surface area contributed by atoms with Crippen LogP contribution in [0.3, 0.4) is 0 Å². The fourth-order valence-electron chi connectivity index (χ4n) is 3.78. The molecule has 0 saturated heterocycles. The molecule has 8 heteroatoms. The lowest BCUT2D eigenvalue weighted by Crippen LogP contribution is -2.41. The molecule has 4 rings (SSSR count). The van der Waals surface area contributed by atoms with Crippen LogP contribution >= 0.6 is 0 Å². The predicted molar refractivity (Wildman–Crippen MR) is 129 cm³/mol. The van der Waals surface area contributed by atoms with Crippen molar-refractivity contribution in [1.29, 1.82) is 0 Å². The number of benzene rings is 2. The molecule has 2 aromatic carbocycles. The van der Waals surface area contributed by atoms with Crippen LogP contribution in [-0.4, -0.2) is 52.2 Å². The molecule has 0 fully saturated rings. The number of aryl methyl sites for hydroxylation is 2. The van der Waals surface area contributed by atoms with Crippen LogP contribution in [-0.2, 0) is 28.9 Å². The number of amides is 1. The first kappa shape index (κ1) is 25.7. The molecule has 1 aliphatic heterocycles. The van der Waals surface area contributed by atoms with Gasteiger partial charge in [-0.15, -0.1) is 0 Å². The van der Waals surface area contributed by atoms with Gasteiger partial charge in [-0.05, 0) is 43.4 Å². The van der Waals surface area contributed by atoms with Crippen molar-refractivity contribution < 1.29 is 24.2 Å². The van der Waals surface area contributed by atoms with Gasteiger partial charge in [0.05, 0.1) is 19.1 Å². The van der Waals surface area contributed by atoms with Gasteiger partial charge in [-0.25, -0.2) is 0 Å². The van der Waals surface area contributed by atoms with Gasteiger partial charge in [0.15, 0.2) is 0 Å². The van der Waals surface area contributed by atoms with E-state index >= 15 is 0 Å². The van der Waals surface area contributed by atoms with E-state index in [0.29, 0.717) is 32.7 Å². The molecule has 184 valence electrons. The van der Waals surface area contributed by atoms with Crippen LogP contribution in [0, 0.1) is 0 Å². The number of hydrogen-bond donors (Lipinski definition) is 0. The van der Waals surface area contributed by atoms with Crippen LogP contribution in [0.2, 0.25) is 0 Å². The average Bonchev–Trinajstić information content (AvgIpc) is 3.32. The molecule has 0 bridgehead atoms. The highest BCUT2D eigenvalue weighted by atomic mass is 16.5. The van der Waals surface area contributed by atoms with Crippen molar-refractivity contribution >= 4 is 17.8 Å². The van der Waals surface area contributed by atoms with Crippen LogP contribution in [0.15, 0.2) is 66.7 Å². The Bertz CT molecular complexity index is 1070. The van der Waals surface area contributed by atoms with E-state index in [1.165, 1.54) is 21.9 Å². The minimum Gasteiger partial charge on any atom is -0.543 e. The van der Waals surface area contributed by atoms with Gasteiger partial charge >= 0.3 is 5.97 Å². The second kappa shape index (κ2) is 13.1. The maximum Gasteiger partial charge on any atom is 0.305 e. The highest BCUT2D eigenvalue weighted by Gasteiger charge is 2.26. The Morgan fingerprint density at radius 2 is 1.57 bits per heavy atom. The molecule has 1 aromatic heterocycles. The lowest BCUT2D eigenvalue weighted by molar-refractivity contribution is -0.255. The van der Waals surface area contributed by atoms with Gasteiger partial charge in [-0.3, -0.25) is 14.3 Å². The minimum atomic E-state index is -1.40. The molecule has 0 spiro atoms. The molecular formula is C27H30N3O5-. The van der Waals surface area contributed by atoms with Gasteiger partial charge in [0, 0.05) is 19.5 Å². The summed E-state index contributed by atoms with van der Waals surface area (Å²) in [6, 6.07) is 22.5. The topological polar surface area (TPSA) is 105 Å². The van der Waals surface area contributed by atoms with E-state index in [1.54, 1.807) is 11.8 Å². The summed E-state index contributed by atoms with van der Waals surface area (Å²) < 4.78 is 6.19. The molecule has 0 aliphatic carbocycles. The van der Waals surface area contributed by atoms with E-state index in [-0.39, 0.29) is 29.7 Å². The number of carboxylic acids is 1. The molecule has 35 heavy (non-hydrogen) atoms. The Balaban J connectivity index is 0.000000211. The first-order valence-corrected chi connectivity index (χ1v) is 11.8. The Morgan fingerprint density at radius 1 is 0.971 bits per heavy atom. The Labute approximate surface area is 205 Å². The lowest BCUT2D eigenvalue weighted by Gasteiger charge is -2.27. The van der Waals surface area contributed by atoms with Gasteiger partial charge < -0.3 is 19.5 Å². The van der Waals surface area contributed by atoms with E-state index in [1.807, 2.05) is 0 Å². The lowest BCUT2D eigenvalue weighted by atomic mass is 10.0. The summed E-state index contributed by atoms with van der Waals surface area (Å²) in [5, 5.41) is 14.6. The largest absolute Gasteiger partial charge is 0.543 e. The molecule has 0 atom stereocenters. The van der Waals surface area contributed by atoms with Crippen molar-refractivity contribution in [1.82, 2.24) is 14.7 Å². The highest BCUT2D eigenvalue weighted by Crippen LogP contribution is 2.14. The van der Waals surface area contributed by atoms with Crippen LogP contribution in [0.1, 0.15) is 51.9 Å². The monoisotopic (exact) mass is 476 g/mol. The number of carboxylic acid groups (broad SMARTS) is 1. The van der Waals surface area contributed by atoms with E-state index in [9.17, 15) is 19.5 Å². The van der Waals surface area contributed by atoms with E-state index < -0.39 is 5.97 Å². The normalized spacial score (nSPS) is 12.4. The van der Waals surface area contributed by atoms with Gasteiger partial charge in [0.1, 0.15) is 11.4 Å². The van der Waals surface area contributed by atoms with Gasteiger partial charge in [0.2, 0.25) is 0 Å². The SMILES string of the molecule is CCOC(=O)CCCN1CCn2nc(C(=O)[O-])cc2C1=O.c1ccc(CCc2ccccc2)cc1. The van der Waals surface area contributed by atoms with Crippen molar-refractivity contribution in [3.05, 3.63) is 89.2 Å². The number of hydrogen-bond acceptors (Lipinski definition) is 6. The maximum atomic E-state index is 12.2. The summed E-state index contributed by atoms with van der Waals surface area (Å²) in [5.41, 5.74) is 2.82. The van der Waals surface area contributed by atoms with Crippen molar-refractivity contribution in [2.75, 3.05) is 19.7 Å². The molecule has 2 heterocycles. The molecule has 0 unspecified atom stereocenters. The molecule has 8 nitrogen and oxygen atoms in total. The molecule has 1 aliphatic rings. The standard InChI is InChI=1S/C14H14.C13H17N3O5/c1-3-7-13(8-4-1)11-12-14-9-5-2-6-10-14;1-2-21-11(17)4-3-5-15-6-7-16-10(12(15)18)8-9(14-16)13(19)20/h1-10H,11-12H2;8H,2-7H2,1H3,(H,19,20)/p-1. The zero-order valence-corrected chi connectivity index (χ0v) is 19.9. The van der Waals surface area contributed by atoms with Gasteiger partial charge in [0.25, 0.3) is 5.91 Å². The summed E-state index contributed by atoms with van der Waals surface area (Å²) in [5.74, 6) is -1.98. The summed E-state index contributed by atoms with van der Waals surface area (Å²) in [4.78, 5) is 35.8. The summed E-state index contributed by atoms with van der Waals surface area (Å²) in [6.45, 7) is 3.36. The number of aromatic nitrogens is 2. The van der Waals surface area contributed by atoms with Crippen molar-refractivity contribution in [3.8, 4) is 0 Å². The zero-order valence-electron chi connectivity index (χ0n) is 19.9. The summed E-state index contributed by atoms with van der Waals surface area (Å²) in [7, 11) is 0. The molecule has 3 aromatic rings. The quantitative estimate of drug-likeness (QED) is 0.440. The first-order chi connectivity index (χ1) is 17.0. The average molecular weight is 477 g/mol. The van der Waals surface area contributed by atoms with Crippen molar-refractivity contribution in [2.24, 2.45) is 0 Å². The first-order valence-electron chi connectivity index (χ1n) is 11.8. The molecule has 1 amide bonds. The number of rotatable bonds is 9. The Kier molecular flexibility index (Phi) is 9.59. The number of carbonyl (C=O) groups excluding carboxylic acids is 3. The molecule has 0 saturated carbocycles. The number of nitrogens with zero attached hydrogens (tertiary/aromatic N) is 3. The van der Waals surface area contributed by atoms with Crippen LogP contribution in [0.4, 0.5) is 0 Å². The molecule has 0 radical (unpaired) electrons. The maximum absolute atomic E-state index is 12.2. The van der Waals surface area contributed by atoms with Gasteiger partial charge in [-0.2, -0.15) is 5.10 Å². The van der Waals surface area contributed by atoms with Crippen molar-refractivity contribution in [3.63, 3.8) is 0 Å².